The molecule has 0 bridgehead atoms. The number of hydrogen-bond donors (Lipinski definition) is 3. The standard InChI is InChI=1S/C10H15N7/c1-7-8(4-14-17(7)2)3-13-9-5-12-6-10(15-9)16-11/h4-6H,3,11H2,1-2H3,(H2,13,15,16). The molecule has 2 heterocycles. The summed E-state index contributed by atoms with van der Waals surface area (Å²) in [7, 11) is 1.91. The minimum absolute atomic E-state index is 0.526. The molecule has 0 fully saturated rings. The Balaban J connectivity index is 2.04. The van der Waals surface area contributed by atoms with Gasteiger partial charge in [0.1, 0.15) is 5.82 Å². The summed E-state index contributed by atoms with van der Waals surface area (Å²) < 4.78 is 1.83. The molecule has 0 aromatic carbocycles. The van der Waals surface area contributed by atoms with E-state index in [9.17, 15) is 0 Å². The van der Waals surface area contributed by atoms with Crippen molar-refractivity contribution < 1.29 is 0 Å². The molecular formula is C10H15N7. The van der Waals surface area contributed by atoms with E-state index >= 15 is 0 Å². The molecule has 0 aliphatic rings. The molecule has 2 aromatic heterocycles. The van der Waals surface area contributed by atoms with Crippen LogP contribution in [0, 0.1) is 6.92 Å². The zero-order chi connectivity index (χ0) is 12.3. The van der Waals surface area contributed by atoms with Gasteiger partial charge >= 0.3 is 0 Å². The van der Waals surface area contributed by atoms with Crippen LogP contribution in [0.5, 0.6) is 0 Å². The van der Waals surface area contributed by atoms with E-state index in [1.54, 1.807) is 12.4 Å². The maximum atomic E-state index is 5.26. The van der Waals surface area contributed by atoms with Crippen LogP contribution in [0.3, 0.4) is 0 Å². The van der Waals surface area contributed by atoms with Crippen LogP contribution < -0.4 is 16.6 Å². The van der Waals surface area contributed by atoms with Gasteiger partial charge in [-0.25, -0.2) is 10.8 Å². The van der Waals surface area contributed by atoms with Crippen LogP contribution in [0.1, 0.15) is 11.3 Å². The number of rotatable bonds is 4. The quantitative estimate of drug-likeness (QED) is 0.523. The van der Waals surface area contributed by atoms with E-state index < -0.39 is 0 Å². The molecule has 17 heavy (non-hydrogen) atoms. The Hall–Kier alpha value is -2.15. The van der Waals surface area contributed by atoms with E-state index in [0.29, 0.717) is 18.2 Å². The number of nitrogens with zero attached hydrogens (tertiary/aromatic N) is 4. The van der Waals surface area contributed by atoms with Crippen molar-refractivity contribution in [2.45, 2.75) is 13.5 Å². The lowest BCUT2D eigenvalue weighted by Gasteiger charge is -2.06. The van der Waals surface area contributed by atoms with Crippen molar-refractivity contribution in [2.75, 3.05) is 10.7 Å². The summed E-state index contributed by atoms with van der Waals surface area (Å²) in [5.41, 5.74) is 4.70. The van der Waals surface area contributed by atoms with E-state index in [4.69, 9.17) is 5.84 Å². The monoisotopic (exact) mass is 233 g/mol. The predicted octanol–water partition coefficient (Wildman–Crippen LogP) is 0.416. The first kappa shape index (κ1) is 11.3. The van der Waals surface area contributed by atoms with Gasteiger partial charge in [0.2, 0.25) is 0 Å². The average Bonchev–Trinajstić information content (AvgIpc) is 2.68. The van der Waals surface area contributed by atoms with Crippen molar-refractivity contribution in [3.05, 3.63) is 29.8 Å². The Kier molecular flexibility index (Phi) is 3.20. The summed E-state index contributed by atoms with van der Waals surface area (Å²) in [6.45, 7) is 2.68. The lowest BCUT2D eigenvalue weighted by Crippen LogP contribution is -2.10. The fourth-order valence-corrected chi connectivity index (χ4v) is 1.42. The summed E-state index contributed by atoms with van der Waals surface area (Å²) in [5.74, 6) is 6.46. The topological polar surface area (TPSA) is 93.7 Å². The molecular weight excluding hydrogens is 218 g/mol. The lowest BCUT2D eigenvalue weighted by atomic mass is 10.2. The predicted molar refractivity (Wildman–Crippen MR) is 65.1 cm³/mol. The van der Waals surface area contributed by atoms with Crippen molar-refractivity contribution in [3.8, 4) is 0 Å². The molecule has 90 valence electrons. The molecule has 2 aromatic rings. The lowest BCUT2D eigenvalue weighted by molar-refractivity contribution is 0.738. The molecule has 0 unspecified atom stereocenters. The highest BCUT2D eigenvalue weighted by atomic mass is 15.3. The van der Waals surface area contributed by atoms with Crippen molar-refractivity contribution in [1.82, 2.24) is 19.7 Å². The Morgan fingerprint density at radius 3 is 2.71 bits per heavy atom. The third-order valence-corrected chi connectivity index (χ3v) is 2.58. The Bertz CT molecular complexity index is 505. The van der Waals surface area contributed by atoms with Crippen molar-refractivity contribution in [1.29, 1.82) is 0 Å². The number of aromatic nitrogens is 4. The summed E-state index contributed by atoms with van der Waals surface area (Å²) in [6, 6.07) is 0. The zero-order valence-corrected chi connectivity index (χ0v) is 9.81. The van der Waals surface area contributed by atoms with Gasteiger partial charge in [-0.15, -0.1) is 0 Å². The third kappa shape index (κ3) is 2.51. The maximum Gasteiger partial charge on any atom is 0.160 e. The summed E-state index contributed by atoms with van der Waals surface area (Å²) in [6.07, 6.45) is 5.04. The van der Waals surface area contributed by atoms with Crippen LogP contribution in [-0.2, 0) is 13.6 Å². The number of nitrogen functional groups attached to an aromatic ring is 1. The van der Waals surface area contributed by atoms with Gasteiger partial charge in [-0.2, -0.15) is 5.10 Å². The molecule has 0 saturated heterocycles. The fraction of sp³-hybridized carbons (Fsp3) is 0.300. The highest BCUT2D eigenvalue weighted by molar-refractivity contribution is 5.41. The second-order valence-electron chi connectivity index (χ2n) is 3.67. The molecule has 0 aliphatic carbocycles. The smallest absolute Gasteiger partial charge is 0.160 e. The van der Waals surface area contributed by atoms with Crippen LogP contribution >= 0.6 is 0 Å². The summed E-state index contributed by atoms with van der Waals surface area (Å²) >= 11 is 0. The first-order valence-corrected chi connectivity index (χ1v) is 5.20. The Labute approximate surface area is 99.0 Å². The Morgan fingerprint density at radius 2 is 2.06 bits per heavy atom. The van der Waals surface area contributed by atoms with Crippen molar-refractivity contribution >= 4 is 11.6 Å². The van der Waals surface area contributed by atoms with E-state index in [2.05, 4.69) is 25.8 Å². The number of hydrogen-bond acceptors (Lipinski definition) is 6. The first-order valence-electron chi connectivity index (χ1n) is 5.20. The zero-order valence-electron chi connectivity index (χ0n) is 9.81. The molecule has 0 spiro atoms. The summed E-state index contributed by atoms with van der Waals surface area (Å²) in [5, 5.41) is 7.34. The van der Waals surface area contributed by atoms with Crippen LogP contribution in [0.15, 0.2) is 18.6 Å². The van der Waals surface area contributed by atoms with Gasteiger partial charge in [-0.1, -0.05) is 0 Å². The minimum Gasteiger partial charge on any atom is -0.365 e. The normalized spacial score (nSPS) is 10.3. The maximum absolute atomic E-state index is 5.26. The van der Waals surface area contributed by atoms with Gasteiger partial charge in [-0.05, 0) is 6.92 Å². The van der Waals surface area contributed by atoms with Crippen molar-refractivity contribution in [3.63, 3.8) is 0 Å². The molecule has 0 atom stereocenters. The molecule has 7 nitrogen and oxygen atoms in total. The van der Waals surface area contributed by atoms with E-state index in [1.807, 2.05) is 24.9 Å². The largest absolute Gasteiger partial charge is 0.365 e. The van der Waals surface area contributed by atoms with Gasteiger partial charge in [0.25, 0.3) is 0 Å². The van der Waals surface area contributed by atoms with E-state index in [1.165, 1.54) is 0 Å². The molecule has 0 aliphatic heterocycles. The van der Waals surface area contributed by atoms with Crippen LogP contribution in [-0.4, -0.2) is 19.7 Å². The van der Waals surface area contributed by atoms with Gasteiger partial charge in [0, 0.05) is 24.8 Å². The number of hydrazine groups is 1. The minimum atomic E-state index is 0.526. The second kappa shape index (κ2) is 4.79. The van der Waals surface area contributed by atoms with E-state index in [0.717, 1.165) is 11.3 Å². The molecule has 4 N–H and O–H groups in total. The van der Waals surface area contributed by atoms with Crippen molar-refractivity contribution in [2.24, 2.45) is 12.9 Å². The molecule has 2 rings (SSSR count). The van der Waals surface area contributed by atoms with Crippen LogP contribution in [0.4, 0.5) is 11.6 Å². The molecule has 0 saturated carbocycles. The number of aryl methyl sites for hydroxylation is 1. The SMILES string of the molecule is Cc1c(CNc2cncc(NN)n2)cnn1C. The number of nitrogens with two attached hydrogens (primary N) is 1. The van der Waals surface area contributed by atoms with Crippen LogP contribution in [0.2, 0.25) is 0 Å². The molecule has 0 radical (unpaired) electrons. The highest BCUT2D eigenvalue weighted by Gasteiger charge is 2.04. The molecule has 0 amide bonds. The molecule has 7 heteroatoms. The average molecular weight is 233 g/mol. The van der Waals surface area contributed by atoms with Gasteiger partial charge in [0.15, 0.2) is 5.82 Å². The number of anilines is 2. The van der Waals surface area contributed by atoms with Crippen LogP contribution in [0.25, 0.3) is 0 Å². The first-order chi connectivity index (χ1) is 8.20. The second-order valence-corrected chi connectivity index (χ2v) is 3.67. The van der Waals surface area contributed by atoms with Gasteiger partial charge in [0.05, 0.1) is 18.6 Å². The Morgan fingerprint density at radius 1 is 1.29 bits per heavy atom. The third-order valence-electron chi connectivity index (χ3n) is 2.58. The number of nitrogens with one attached hydrogen (secondary N) is 2. The van der Waals surface area contributed by atoms with Gasteiger partial charge < -0.3 is 10.7 Å². The van der Waals surface area contributed by atoms with Gasteiger partial charge in [-0.3, -0.25) is 9.67 Å². The summed E-state index contributed by atoms with van der Waals surface area (Å²) in [4.78, 5) is 8.21. The fourth-order valence-electron chi connectivity index (χ4n) is 1.42. The van der Waals surface area contributed by atoms with E-state index in [-0.39, 0.29) is 0 Å². The highest BCUT2D eigenvalue weighted by Crippen LogP contribution is 2.10.